The summed E-state index contributed by atoms with van der Waals surface area (Å²) in [5, 5.41) is 3.41. The summed E-state index contributed by atoms with van der Waals surface area (Å²) in [7, 11) is 1.11. The molecule has 0 amide bonds. The predicted octanol–water partition coefficient (Wildman–Crippen LogP) is 2.43. The minimum absolute atomic E-state index is 0.104. The number of carbonyl (C=O) groups excluding carboxylic acids is 1. The first-order chi connectivity index (χ1) is 9.91. The molecule has 2 heterocycles. The lowest BCUT2D eigenvalue weighted by molar-refractivity contribution is -0.137. The Kier molecular flexibility index (Phi) is 4.05. The van der Waals surface area contributed by atoms with Crippen LogP contribution in [-0.4, -0.2) is 28.4 Å². The van der Waals surface area contributed by atoms with E-state index >= 15 is 0 Å². The van der Waals surface area contributed by atoms with E-state index in [2.05, 4.69) is 24.6 Å². The van der Waals surface area contributed by atoms with Crippen LogP contribution in [0, 0.1) is 0 Å². The van der Waals surface area contributed by atoms with Gasteiger partial charge < -0.3 is 14.0 Å². The van der Waals surface area contributed by atoms with E-state index in [0.29, 0.717) is 0 Å². The fourth-order valence-electron chi connectivity index (χ4n) is 1.42. The van der Waals surface area contributed by atoms with Crippen LogP contribution in [0.1, 0.15) is 11.4 Å². The molecular weight excluding hydrogens is 295 g/mol. The number of alkyl halides is 3. The van der Waals surface area contributed by atoms with Crippen molar-refractivity contribution in [1.82, 2.24) is 15.1 Å². The molecule has 0 aromatic carbocycles. The number of aromatic nitrogens is 3. The van der Waals surface area contributed by atoms with Gasteiger partial charge in [0.1, 0.15) is 0 Å². The zero-order chi connectivity index (χ0) is 15.5. The topological polar surface area (TPSA) is 87.3 Å². The quantitative estimate of drug-likeness (QED) is 0.805. The maximum Gasteiger partial charge on any atom is 0.508 e. The summed E-state index contributed by atoms with van der Waals surface area (Å²) >= 11 is 0. The average molecular weight is 303 g/mol. The molecule has 2 rings (SSSR count). The van der Waals surface area contributed by atoms with Gasteiger partial charge in [0.05, 0.1) is 18.2 Å². The summed E-state index contributed by atoms with van der Waals surface area (Å²) in [4.78, 5) is 18.1. The SMILES string of the molecule is COC(=O)OCc1noc(-c2cnccc2C(F)(F)F)n1. The number of rotatable bonds is 3. The van der Waals surface area contributed by atoms with Gasteiger partial charge in [-0.1, -0.05) is 5.16 Å². The van der Waals surface area contributed by atoms with Crippen molar-refractivity contribution in [3.8, 4) is 11.5 Å². The van der Waals surface area contributed by atoms with Crippen molar-refractivity contribution < 1.29 is 32.0 Å². The summed E-state index contributed by atoms with van der Waals surface area (Å²) in [5.74, 6) is -0.480. The van der Waals surface area contributed by atoms with E-state index in [1.165, 1.54) is 0 Å². The van der Waals surface area contributed by atoms with Gasteiger partial charge in [-0.25, -0.2) is 4.79 Å². The molecule has 10 heteroatoms. The standard InChI is InChI=1S/C11H8F3N3O4/c1-19-10(18)20-5-8-16-9(21-17-8)6-4-15-3-2-7(6)11(12,13)14/h2-4H,5H2,1H3. The molecule has 0 aliphatic carbocycles. The largest absolute Gasteiger partial charge is 0.508 e. The van der Waals surface area contributed by atoms with E-state index in [1.807, 2.05) is 0 Å². The molecule has 21 heavy (non-hydrogen) atoms. The van der Waals surface area contributed by atoms with Crippen molar-refractivity contribution in [3.05, 3.63) is 29.8 Å². The molecule has 0 aliphatic heterocycles. The lowest BCUT2D eigenvalue weighted by Gasteiger charge is -2.08. The Bertz CT molecular complexity index is 642. The lowest BCUT2D eigenvalue weighted by Crippen LogP contribution is -2.07. The number of pyridine rings is 1. The third-order valence-corrected chi connectivity index (χ3v) is 2.31. The predicted molar refractivity (Wildman–Crippen MR) is 59.7 cm³/mol. The Morgan fingerprint density at radius 3 is 2.86 bits per heavy atom. The van der Waals surface area contributed by atoms with E-state index in [-0.39, 0.29) is 17.3 Å². The van der Waals surface area contributed by atoms with E-state index in [9.17, 15) is 18.0 Å². The van der Waals surface area contributed by atoms with Crippen LogP contribution in [0.25, 0.3) is 11.5 Å². The van der Waals surface area contributed by atoms with E-state index in [1.54, 1.807) is 0 Å². The molecule has 0 saturated heterocycles. The Morgan fingerprint density at radius 1 is 1.43 bits per heavy atom. The fourth-order valence-corrected chi connectivity index (χ4v) is 1.42. The smallest absolute Gasteiger partial charge is 0.438 e. The van der Waals surface area contributed by atoms with Crippen LogP contribution in [0.5, 0.6) is 0 Å². The number of nitrogens with zero attached hydrogens (tertiary/aromatic N) is 3. The van der Waals surface area contributed by atoms with Gasteiger partial charge in [-0.15, -0.1) is 0 Å². The van der Waals surface area contributed by atoms with Crippen molar-refractivity contribution in [3.63, 3.8) is 0 Å². The van der Waals surface area contributed by atoms with Crippen LogP contribution in [0.2, 0.25) is 0 Å². The van der Waals surface area contributed by atoms with Gasteiger partial charge in [-0.2, -0.15) is 18.2 Å². The number of halogens is 3. The summed E-state index contributed by atoms with van der Waals surface area (Å²) < 4.78 is 52.0. The Labute approximate surface area is 115 Å². The van der Waals surface area contributed by atoms with Gasteiger partial charge in [0.15, 0.2) is 6.61 Å². The van der Waals surface area contributed by atoms with Gasteiger partial charge >= 0.3 is 12.3 Å². The molecule has 7 nitrogen and oxygen atoms in total. The van der Waals surface area contributed by atoms with Crippen molar-refractivity contribution in [2.45, 2.75) is 12.8 Å². The third kappa shape index (κ3) is 3.46. The van der Waals surface area contributed by atoms with Crippen molar-refractivity contribution >= 4 is 6.16 Å². The molecule has 0 bridgehead atoms. The number of carbonyl (C=O) groups is 1. The highest BCUT2D eigenvalue weighted by Gasteiger charge is 2.35. The summed E-state index contributed by atoms with van der Waals surface area (Å²) in [6.45, 7) is -0.391. The Hall–Kier alpha value is -2.65. The molecule has 2 aromatic rings. The monoisotopic (exact) mass is 303 g/mol. The summed E-state index contributed by atoms with van der Waals surface area (Å²) in [6, 6.07) is 0.796. The molecule has 0 spiro atoms. The van der Waals surface area contributed by atoms with Gasteiger partial charge in [-0.05, 0) is 6.07 Å². The minimum atomic E-state index is -4.59. The summed E-state index contributed by atoms with van der Waals surface area (Å²) in [6.07, 6.45) is -3.60. The van der Waals surface area contributed by atoms with Crippen LogP contribution in [-0.2, 0) is 22.3 Å². The first kappa shape index (κ1) is 14.8. The van der Waals surface area contributed by atoms with Gasteiger partial charge in [0.2, 0.25) is 5.82 Å². The van der Waals surface area contributed by atoms with Crippen molar-refractivity contribution in [1.29, 1.82) is 0 Å². The van der Waals surface area contributed by atoms with Gasteiger partial charge in [0, 0.05) is 12.4 Å². The van der Waals surface area contributed by atoms with Crippen LogP contribution in [0.15, 0.2) is 23.0 Å². The van der Waals surface area contributed by atoms with E-state index < -0.39 is 24.5 Å². The average Bonchev–Trinajstić information content (AvgIpc) is 2.92. The number of hydrogen-bond acceptors (Lipinski definition) is 7. The lowest BCUT2D eigenvalue weighted by atomic mass is 10.1. The zero-order valence-corrected chi connectivity index (χ0v) is 10.5. The second kappa shape index (κ2) is 5.77. The van der Waals surface area contributed by atoms with Crippen LogP contribution in [0.4, 0.5) is 18.0 Å². The summed E-state index contributed by atoms with van der Waals surface area (Å²) in [5.41, 5.74) is -1.32. The first-order valence-corrected chi connectivity index (χ1v) is 5.46. The van der Waals surface area contributed by atoms with Crippen LogP contribution < -0.4 is 0 Å². The van der Waals surface area contributed by atoms with Crippen LogP contribution >= 0.6 is 0 Å². The molecule has 0 atom stereocenters. The Balaban J connectivity index is 2.24. The maximum absolute atomic E-state index is 12.8. The van der Waals surface area contributed by atoms with E-state index in [4.69, 9.17) is 4.52 Å². The second-order valence-corrected chi connectivity index (χ2v) is 3.68. The van der Waals surface area contributed by atoms with Crippen molar-refractivity contribution in [2.75, 3.05) is 7.11 Å². The number of methoxy groups -OCH3 is 1. The number of ether oxygens (including phenoxy) is 2. The number of hydrogen-bond donors (Lipinski definition) is 0. The molecule has 0 aliphatic rings. The molecule has 0 radical (unpaired) electrons. The second-order valence-electron chi connectivity index (χ2n) is 3.68. The molecule has 0 fully saturated rings. The molecule has 112 valence electrons. The fraction of sp³-hybridized carbons (Fsp3) is 0.273. The zero-order valence-electron chi connectivity index (χ0n) is 10.5. The maximum atomic E-state index is 12.8. The first-order valence-electron chi connectivity index (χ1n) is 5.46. The molecule has 2 aromatic heterocycles. The molecular formula is C11H8F3N3O4. The Morgan fingerprint density at radius 2 is 2.19 bits per heavy atom. The highest BCUT2D eigenvalue weighted by molar-refractivity contribution is 5.59. The molecule has 0 saturated carbocycles. The van der Waals surface area contributed by atoms with Crippen molar-refractivity contribution in [2.24, 2.45) is 0 Å². The normalized spacial score (nSPS) is 11.2. The third-order valence-electron chi connectivity index (χ3n) is 2.31. The highest BCUT2D eigenvalue weighted by atomic mass is 19.4. The van der Waals surface area contributed by atoms with Gasteiger partial charge in [0.25, 0.3) is 5.89 Å². The minimum Gasteiger partial charge on any atom is -0.438 e. The van der Waals surface area contributed by atoms with Gasteiger partial charge in [-0.3, -0.25) is 4.98 Å². The van der Waals surface area contributed by atoms with E-state index in [0.717, 1.165) is 25.6 Å². The highest BCUT2D eigenvalue weighted by Crippen LogP contribution is 2.35. The van der Waals surface area contributed by atoms with Crippen LogP contribution in [0.3, 0.4) is 0 Å². The molecule has 0 unspecified atom stereocenters. The molecule has 0 N–H and O–H groups in total.